The standard InChI is InChI=1S/C22H21NO2/c1-15-10-11-18(16(2)14-15)21(24)12-13-22(25)23-20-9-5-7-17-6-3-4-8-19(17)20/h3-11,14H,12-13H2,1-2H3,(H,23,25). The molecule has 0 saturated heterocycles. The Labute approximate surface area is 147 Å². The van der Waals surface area contributed by atoms with Crippen molar-refractivity contribution in [2.24, 2.45) is 0 Å². The number of amides is 1. The summed E-state index contributed by atoms with van der Waals surface area (Å²) in [7, 11) is 0. The smallest absolute Gasteiger partial charge is 0.224 e. The number of anilines is 1. The second kappa shape index (κ2) is 7.31. The van der Waals surface area contributed by atoms with Gasteiger partial charge in [0.25, 0.3) is 0 Å². The highest BCUT2D eigenvalue weighted by Gasteiger charge is 2.12. The number of carbonyl (C=O) groups excluding carboxylic acids is 2. The normalized spacial score (nSPS) is 10.6. The molecule has 0 fully saturated rings. The lowest BCUT2D eigenvalue weighted by atomic mass is 9.99. The molecule has 3 heteroatoms. The Morgan fingerprint density at radius 3 is 2.44 bits per heavy atom. The molecule has 3 nitrogen and oxygen atoms in total. The topological polar surface area (TPSA) is 46.2 Å². The van der Waals surface area contributed by atoms with Gasteiger partial charge >= 0.3 is 0 Å². The highest BCUT2D eigenvalue weighted by Crippen LogP contribution is 2.23. The molecule has 0 heterocycles. The molecule has 0 unspecified atom stereocenters. The van der Waals surface area contributed by atoms with E-state index < -0.39 is 0 Å². The molecular formula is C22H21NO2. The minimum Gasteiger partial charge on any atom is -0.326 e. The molecule has 0 aromatic heterocycles. The van der Waals surface area contributed by atoms with Gasteiger partial charge in [-0.05, 0) is 30.9 Å². The summed E-state index contributed by atoms with van der Waals surface area (Å²) >= 11 is 0. The van der Waals surface area contributed by atoms with Crippen molar-refractivity contribution >= 4 is 28.2 Å². The second-order valence-electron chi connectivity index (χ2n) is 6.32. The van der Waals surface area contributed by atoms with Gasteiger partial charge in [0.15, 0.2) is 5.78 Å². The van der Waals surface area contributed by atoms with Crippen LogP contribution in [0.1, 0.15) is 34.3 Å². The van der Waals surface area contributed by atoms with Crippen LogP contribution in [0, 0.1) is 13.8 Å². The number of benzene rings is 3. The fourth-order valence-corrected chi connectivity index (χ4v) is 3.04. The zero-order valence-electron chi connectivity index (χ0n) is 14.5. The molecule has 0 aliphatic carbocycles. The van der Waals surface area contributed by atoms with Gasteiger partial charge in [-0.15, -0.1) is 0 Å². The Bertz CT molecular complexity index is 938. The third-order valence-corrected chi connectivity index (χ3v) is 4.33. The van der Waals surface area contributed by atoms with Crippen LogP contribution in [0.2, 0.25) is 0 Å². The number of aryl methyl sites for hydroxylation is 2. The van der Waals surface area contributed by atoms with Gasteiger partial charge in [0.05, 0.1) is 0 Å². The van der Waals surface area contributed by atoms with E-state index in [1.165, 1.54) is 0 Å². The van der Waals surface area contributed by atoms with Gasteiger partial charge in [-0.3, -0.25) is 9.59 Å². The van der Waals surface area contributed by atoms with Crippen molar-refractivity contribution in [1.29, 1.82) is 0 Å². The second-order valence-corrected chi connectivity index (χ2v) is 6.32. The van der Waals surface area contributed by atoms with E-state index in [2.05, 4.69) is 5.32 Å². The molecule has 3 aromatic carbocycles. The summed E-state index contributed by atoms with van der Waals surface area (Å²) < 4.78 is 0. The number of nitrogens with one attached hydrogen (secondary N) is 1. The molecule has 0 saturated carbocycles. The maximum atomic E-state index is 12.4. The lowest BCUT2D eigenvalue weighted by Crippen LogP contribution is -2.14. The first-order valence-corrected chi connectivity index (χ1v) is 8.42. The van der Waals surface area contributed by atoms with Crippen LogP contribution in [0.5, 0.6) is 0 Å². The number of hydrogen-bond acceptors (Lipinski definition) is 2. The Kier molecular flexibility index (Phi) is 4.94. The first-order chi connectivity index (χ1) is 12.0. The van der Waals surface area contributed by atoms with Crippen molar-refractivity contribution in [2.45, 2.75) is 26.7 Å². The highest BCUT2D eigenvalue weighted by atomic mass is 16.2. The van der Waals surface area contributed by atoms with Crippen molar-refractivity contribution < 1.29 is 9.59 Å². The number of fused-ring (bicyclic) bond motifs is 1. The summed E-state index contributed by atoms with van der Waals surface area (Å²) in [5.74, 6) is -0.139. The zero-order valence-corrected chi connectivity index (χ0v) is 14.5. The summed E-state index contributed by atoms with van der Waals surface area (Å²) in [5.41, 5.74) is 3.56. The van der Waals surface area contributed by atoms with E-state index in [0.29, 0.717) is 5.56 Å². The van der Waals surface area contributed by atoms with Crippen molar-refractivity contribution in [3.05, 3.63) is 77.4 Å². The van der Waals surface area contributed by atoms with E-state index >= 15 is 0 Å². The fourth-order valence-electron chi connectivity index (χ4n) is 3.04. The molecule has 0 bridgehead atoms. The lowest BCUT2D eigenvalue weighted by molar-refractivity contribution is -0.116. The summed E-state index contributed by atoms with van der Waals surface area (Å²) in [6.45, 7) is 3.93. The number of carbonyl (C=O) groups is 2. The van der Waals surface area contributed by atoms with E-state index in [1.807, 2.05) is 74.5 Å². The molecule has 126 valence electrons. The van der Waals surface area contributed by atoms with Gasteiger partial charge in [-0.1, -0.05) is 60.2 Å². The predicted octanol–water partition coefficient (Wildman–Crippen LogP) is 5.06. The third-order valence-electron chi connectivity index (χ3n) is 4.33. The van der Waals surface area contributed by atoms with Crippen molar-refractivity contribution in [1.82, 2.24) is 0 Å². The average molecular weight is 331 g/mol. The molecule has 3 rings (SSSR count). The van der Waals surface area contributed by atoms with Gasteiger partial charge in [0.2, 0.25) is 5.91 Å². The number of hydrogen-bond donors (Lipinski definition) is 1. The maximum Gasteiger partial charge on any atom is 0.224 e. The van der Waals surface area contributed by atoms with Crippen LogP contribution < -0.4 is 5.32 Å². The van der Waals surface area contributed by atoms with Crippen LogP contribution in [-0.2, 0) is 4.79 Å². The van der Waals surface area contributed by atoms with Crippen LogP contribution >= 0.6 is 0 Å². The van der Waals surface area contributed by atoms with Crippen molar-refractivity contribution in [3.63, 3.8) is 0 Å². The Morgan fingerprint density at radius 2 is 1.64 bits per heavy atom. The molecule has 0 aliphatic rings. The predicted molar refractivity (Wildman–Crippen MR) is 102 cm³/mol. The van der Waals surface area contributed by atoms with Crippen molar-refractivity contribution in [3.8, 4) is 0 Å². The van der Waals surface area contributed by atoms with Crippen LogP contribution in [-0.4, -0.2) is 11.7 Å². The molecule has 0 atom stereocenters. The minimum absolute atomic E-state index is 0.00516. The van der Waals surface area contributed by atoms with E-state index in [4.69, 9.17) is 0 Å². The van der Waals surface area contributed by atoms with Crippen LogP contribution in [0.4, 0.5) is 5.69 Å². The third kappa shape index (κ3) is 3.94. The van der Waals surface area contributed by atoms with Crippen LogP contribution in [0.25, 0.3) is 10.8 Å². The van der Waals surface area contributed by atoms with E-state index in [1.54, 1.807) is 0 Å². The van der Waals surface area contributed by atoms with E-state index in [-0.39, 0.29) is 24.5 Å². The molecular weight excluding hydrogens is 310 g/mol. The summed E-state index contributed by atoms with van der Waals surface area (Å²) in [4.78, 5) is 24.6. The van der Waals surface area contributed by atoms with Gasteiger partial charge < -0.3 is 5.32 Å². The maximum absolute atomic E-state index is 12.4. The zero-order chi connectivity index (χ0) is 17.8. The Morgan fingerprint density at radius 1 is 0.880 bits per heavy atom. The Balaban J connectivity index is 1.65. The summed E-state index contributed by atoms with van der Waals surface area (Å²) in [5, 5.41) is 5.00. The molecule has 0 radical (unpaired) electrons. The summed E-state index contributed by atoms with van der Waals surface area (Å²) in [6.07, 6.45) is 0.385. The van der Waals surface area contributed by atoms with E-state index in [0.717, 1.165) is 27.6 Å². The van der Waals surface area contributed by atoms with Gasteiger partial charge in [-0.25, -0.2) is 0 Å². The molecule has 1 amide bonds. The van der Waals surface area contributed by atoms with Crippen LogP contribution in [0.15, 0.2) is 60.7 Å². The van der Waals surface area contributed by atoms with E-state index in [9.17, 15) is 9.59 Å². The average Bonchev–Trinajstić information content (AvgIpc) is 2.60. The molecule has 3 aromatic rings. The van der Waals surface area contributed by atoms with Gasteiger partial charge in [0.1, 0.15) is 0 Å². The van der Waals surface area contributed by atoms with Gasteiger partial charge in [0, 0.05) is 29.5 Å². The lowest BCUT2D eigenvalue weighted by Gasteiger charge is -2.09. The SMILES string of the molecule is Cc1ccc(C(=O)CCC(=O)Nc2cccc3ccccc23)c(C)c1. The molecule has 1 N–H and O–H groups in total. The van der Waals surface area contributed by atoms with Crippen LogP contribution in [0.3, 0.4) is 0 Å². The molecule has 0 aliphatic heterocycles. The quantitative estimate of drug-likeness (QED) is 0.664. The Hall–Kier alpha value is -2.94. The fraction of sp³-hybridized carbons (Fsp3) is 0.182. The minimum atomic E-state index is -0.144. The first kappa shape index (κ1) is 16.9. The highest BCUT2D eigenvalue weighted by molar-refractivity contribution is 6.04. The number of rotatable bonds is 5. The first-order valence-electron chi connectivity index (χ1n) is 8.42. The number of Topliss-reactive ketones (excluding diaryl/α,β-unsaturated/α-hetero) is 1. The number of ketones is 1. The van der Waals surface area contributed by atoms with Crippen molar-refractivity contribution in [2.75, 3.05) is 5.32 Å². The largest absolute Gasteiger partial charge is 0.326 e. The molecule has 0 spiro atoms. The van der Waals surface area contributed by atoms with Gasteiger partial charge in [-0.2, -0.15) is 0 Å². The molecule has 25 heavy (non-hydrogen) atoms. The summed E-state index contributed by atoms with van der Waals surface area (Å²) in [6, 6.07) is 19.5. The monoisotopic (exact) mass is 331 g/mol.